The summed E-state index contributed by atoms with van der Waals surface area (Å²) in [6.07, 6.45) is 5.21. The SMILES string of the molecule is CC(C)COC(=O)c1ccc2c(c1)[C@@H]1C=CC[C@@H]1[C@H](c1cccc([N+](=O)[O-])c1)N2. The Bertz CT molecular complexity index is 983. The van der Waals surface area contributed by atoms with Crippen LogP contribution in [0.1, 0.15) is 53.7 Å². The first kappa shape index (κ1) is 19.2. The van der Waals surface area contributed by atoms with E-state index in [4.69, 9.17) is 4.74 Å². The van der Waals surface area contributed by atoms with E-state index in [9.17, 15) is 14.9 Å². The maximum atomic E-state index is 12.4. The van der Waals surface area contributed by atoms with Gasteiger partial charge in [-0.25, -0.2) is 4.79 Å². The second-order valence-electron chi connectivity index (χ2n) is 8.12. The zero-order chi connectivity index (χ0) is 20.5. The van der Waals surface area contributed by atoms with Crippen LogP contribution in [0.25, 0.3) is 0 Å². The van der Waals surface area contributed by atoms with Crippen molar-refractivity contribution in [3.05, 3.63) is 81.4 Å². The van der Waals surface area contributed by atoms with Crippen molar-refractivity contribution in [3.63, 3.8) is 0 Å². The van der Waals surface area contributed by atoms with Crippen molar-refractivity contribution >= 4 is 17.3 Å². The number of benzene rings is 2. The quantitative estimate of drug-likeness (QED) is 0.326. The van der Waals surface area contributed by atoms with Gasteiger partial charge in [-0.1, -0.05) is 38.1 Å². The van der Waals surface area contributed by atoms with Gasteiger partial charge in [0.05, 0.1) is 23.1 Å². The molecule has 2 aromatic carbocycles. The molecule has 0 fully saturated rings. The molecule has 0 saturated heterocycles. The number of allylic oxidation sites excluding steroid dienone is 2. The van der Waals surface area contributed by atoms with Crippen LogP contribution in [-0.2, 0) is 4.74 Å². The van der Waals surface area contributed by atoms with Gasteiger partial charge in [0.15, 0.2) is 0 Å². The predicted octanol–water partition coefficient (Wildman–Crippen LogP) is 5.23. The standard InChI is InChI=1S/C23H24N2O4/c1-14(2)13-29-23(26)16-9-10-21-20(12-16)18-7-4-8-19(18)22(24-21)15-5-3-6-17(11-15)25(27)28/h3-7,9-12,14,18-19,22,24H,8,13H2,1-2H3/t18-,19+,22+/m1/s1. The molecule has 4 rings (SSSR count). The minimum atomic E-state index is -0.361. The number of nitro groups is 1. The van der Waals surface area contributed by atoms with E-state index in [0.29, 0.717) is 12.2 Å². The number of nitrogens with zero attached hydrogens (tertiary/aromatic N) is 1. The van der Waals surface area contributed by atoms with E-state index in [0.717, 1.165) is 23.2 Å². The highest BCUT2D eigenvalue weighted by Gasteiger charge is 2.38. The highest BCUT2D eigenvalue weighted by molar-refractivity contribution is 5.90. The van der Waals surface area contributed by atoms with Crippen molar-refractivity contribution in [1.82, 2.24) is 0 Å². The monoisotopic (exact) mass is 392 g/mol. The molecule has 1 N–H and O–H groups in total. The number of carbonyl (C=O) groups excluding carboxylic acids is 1. The number of fused-ring (bicyclic) bond motifs is 3. The summed E-state index contributed by atoms with van der Waals surface area (Å²) in [7, 11) is 0. The van der Waals surface area contributed by atoms with E-state index < -0.39 is 0 Å². The van der Waals surface area contributed by atoms with Crippen LogP contribution >= 0.6 is 0 Å². The zero-order valence-electron chi connectivity index (χ0n) is 16.5. The van der Waals surface area contributed by atoms with E-state index in [1.165, 1.54) is 6.07 Å². The first-order chi connectivity index (χ1) is 13.9. The molecular formula is C23H24N2O4. The van der Waals surface area contributed by atoms with Gasteiger partial charge in [0.1, 0.15) is 0 Å². The van der Waals surface area contributed by atoms with Crippen LogP contribution in [-0.4, -0.2) is 17.5 Å². The molecule has 3 atom stereocenters. The Morgan fingerprint density at radius 2 is 2.10 bits per heavy atom. The first-order valence-corrected chi connectivity index (χ1v) is 9.92. The molecule has 1 aliphatic carbocycles. The molecule has 2 aromatic rings. The second-order valence-corrected chi connectivity index (χ2v) is 8.12. The smallest absolute Gasteiger partial charge is 0.338 e. The molecule has 0 amide bonds. The number of hydrogen-bond donors (Lipinski definition) is 1. The van der Waals surface area contributed by atoms with Gasteiger partial charge in [-0.2, -0.15) is 0 Å². The molecule has 0 radical (unpaired) electrons. The number of anilines is 1. The summed E-state index contributed by atoms with van der Waals surface area (Å²) < 4.78 is 5.38. The zero-order valence-corrected chi connectivity index (χ0v) is 16.5. The fourth-order valence-corrected chi connectivity index (χ4v) is 4.21. The van der Waals surface area contributed by atoms with E-state index >= 15 is 0 Å². The Morgan fingerprint density at radius 3 is 2.86 bits per heavy atom. The number of ether oxygens (including phenoxy) is 1. The molecule has 29 heavy (non-hydrogen) atoms. The molecule has 0 spiro atoms. The lowest BCUT2D eigenvalue weighted by molar-refractivity contribution is -0.384. The lowest BCUT2D eigenvalue weighted by atomic mass is 9.76. The minimum Gasteiger partial charge on any atom is -0.462 e. The van der Waals surface area contributed by atoms with E-state index in [2.05, 4.69) is 17.5 Å². The largest absolute Gasteiger partial charge is 0.462 e. The lowest BCUT2D eigenvalue weighted by Crippen LogP contribution is -2.29. The van der Waals surface area contributed by atoms with Crippen LogP contribution in [0.2, 0.25) is 0 Å². The summed E-state index contributed by atoms with van der Waals surface area (Å²) in [6.45, 7) is 4.41. The average Bonchev–Trinajstić information content (AvgIpc) is 3.21. The fraction of sp³-hybridized carbons (Fsp3) is 0.348. The molecule has 0 bridgehead atoms. The van der Waals surface area contributed by atoms with Crippen LogP contribution in [0.5, 0.6) is 0 Å². The van der Waals surface area contributed by atoms with Crippen LogP contribution in [0.3, 0.4) is 0 Å². The summed E-state index contributed by atoms with van der Waals surface area (Å²) >= 11 is 0. The lowest BCUT2D eigenvalue weighted by Gasteiger charge is -2.37. The average molecular weight is 392 g/mol. The number of nitrogens with one attached hydrogen (secondary N) is 1. The maximum Gasteiger partial charge on any atom is 0.338 e. The van der Waals surface area contributed by atoms with Crippen molar-refractivity contribution in [2.24, 2.45) is 11.8 Å². The van der Waals surface area contributed by atoms with Gasteiger partial charge in [0, 0.05) is 23.7 Å². The number of nitro benzene ring substituents is 1. The molecule has 6 heteroatoms. The van der Waals surface area contributed by atoms with Gasteiger partial charge in [-0.15, -0.1) is 0 Å². The van der Waals surface area contributed by atoms with Gasteiger partial charge in [-0.05, 0) is 47.6 Å². The van der Waals surface area contributed by atoms with E-state index in [1.807, 2.05) is 32.0 Å². The third kappa shape index (κ3) is 3.75. The van der Waals surface area contributed by atoms with Gasteiger partial charge in [0.2, 0.25) is 0 Å². The van der Waals surface area contributed by atoms with Crippen molar-refractivity contribution in [2.75, 3.05) is 11.9 Å². The van der Waals surface area contributed by atoms with Crippen LogP contribution in [0, 0.1) is 22.0 Å². The predicted molar refractivity (Wildman–Crippen MR) is 111 cm³/mol. The van der Waals surface area contributed by atoms with Crippen LogP contribution in [0.4, 0.5) is 11.4 Å². The second kappa shape index (κ2) is 7.70. The third-order valence-electron chi connectivity index (χ3n) is 5.59. The summed E-state index contributed by atoms with van der Waals surface area (Å²) in [6, 6.07) is 12.4. The van der Waals surface area contributed by atoms with Crippen molar-refractivity contribution in [1.29, 1.82) is 0 Å². The highest BCUT2D eigenvalue weighted by Crippen LogP contribution is 2.50. The Hall–Kier alpha value is -3.15. The van der Waals surface area contributed by atoms with Gasteiger partial charge in [-0.3, -0.25) is 10.1 Å². The van der Waals surface area contributed by atoms with E-state index in [1.54, 1.807) is 18.2 Å². The van der Waals surface area contributed by atoms with Gasteiger partial charge < -0.3 is 10.1 Å². The normalized spacial score (nSPS) is 22.0. The van der Waals surface area contributed by atoms with Crippen LogP contribution in [0.15, 0.2) is 54.6 Å². The fourth-order valence-electron chi connectivity index (χ4n) is 4.21. The first-order valence-electron chi connectivity index (χ1n) is 9.92. The van der Waals surface area contributed by atoms with Gasteiger partial charge in [0.25, 0.3) is 5.69 Å². The number of carbonyl (C=O) groups is 1. The number of non-ortho nitro benzene ring substituents is 1. The molecule has 0 saturated carbocycles. The topological polar surface area (TPSA) is 81.5 Å². The van der Waals surface area contributed by atoms with E-state index in [-0.39, 0.29) is 40.4 Å². The van der Waals surface area contributed by atoms with Crippen molar-refractivity contribution < 1.29 is 14.5 Å². The molecule has 0 unspecified atom stereocenters. The Kier molecular flexibility index (Phi) is 5.09. The molecule has 150 valence electrons. The number of esters is 1. The highest BCUT2D eigenvalue weighted by atomic mass is 16.6. The summed E-state index contributed by atoms with van der Waals surface area (Å²) in [5, 5.41) is 14.7. The molecule has 1 aliphatic heterocycles. The maximum absolute atomic E-state index is 12.4. The third-order valence-corrected chi connectivity index (χ3v) is 5.59. The minimum absolute atomic E-state index is 0.0267. The van der Waals surface area contributed by atoms with Crippen molar-refractivity contribution in [2.45, 2.75) is 32.2 Å². The van der Waals surface area contributed by atoms with Crippen LogP contribution < -0.4 is 5.32 Å². The van der Waals surface area contributed by atoms with Gasteiger partial charge >= 0.3 is 5.97 Å². The number of hydrogen-bond acceptors (Lipinski definition) is 5. The molecular weight excluding hydrogens is 368 g/mol. The molecule has 0 aromatic heterocycles. The van der Waals surface area contributed by atoms with Crippen molar-refractivity contribution in [3.8, 4) is 0 Å². The summed E-state index contributed by atoms with van der Waals surface area (Å²) in [5.41, 5.74) is 3.59. The number of rotatable bonds is 5. The molecule has 6 nitrogen and oxygen atoms in total. The molecule has 1 heterocycles. The Morgan fingerprint density at radius 1 is 1.28 bits per heavy atom. The Labute approximate surface area is 169 Å². The Balaban J connectivity index is 1.65. The summed E-state index contributed by atoms with van der Waals surface area (Å²) in [4.78, 5) is 23.2. The molecule has 2 aliphatic rings. The summed E-state index contributed by atoms with van der Waals surface area (Å²) in [5.74, 6) is 0.386.